The number of piperidine rings is 1. The highest BCUT2D eigenvalue weighted by Gasteiger charge is 2.43. The lowest BCUT2D eigenvalue weighted by molar-refractivity contribution is 0.188. The summed E-state index contributed by atoms with van der Waals surface area (Å²) in [7, 11) is 0. The van der Waals surface area contributed by atoms with Crippen LogP contribution >= 0.6 is 23.2 Å². The first kappa shape index (κ1) is 23.3. The van der Waals surface area contributed by atoms with E-state index in [9.17, 15) is 5.11 Å². The fourth-order valence-electron chi connectivity index (χ4n) is 4.93. The van der Waals surface area contributed by atoms with Gasteiger partial charge in [-0.3, -0.25) is 0 Å². The number of benzene rings is 1. The van der Waals surface area contributed by atoms with Gasteiger partial charge in [0, 0.05) is 24.7 Å². The minimum absolute atomic E-state index is 0. The number of aromatic nitrogens is 2. The van der Waals surface area contributed by atoms with Crippen molar-refractivity contribution in [3.63, 3.8) is 0 Å². The normalized spacial score (nSPS) is 21.5. The van der Waals surface area contributed by atoms with Gasteiger partial charge in [-0.2, -0.15) is 0 Å². The van der Waals surface area contributed by atoms with E-state index >= 15 is 0 Å². The molecule has 2 aromatic rings. The number of anilines is 1. The Hall–Kier alpha value is -1.40. The molecule has 1 aliphatic carbocycles. The molecule has 3 N–H and O–H groups in total. The second kappa shape index (κ2) is 8.99. The Morgan fingerprint density at radius 2 is 1.90 bits per heavy atom. The van der Waals surface area contributed by atoms with Crippen molar-refractivity contribution in [2.24, 2.45) is 11.1 Å². The van der Waals surface area contributed by atoms with Crippen LogP contribution in [0, 0.1) is 12.3 Å². The lowest BCUT2D eigenvalue weighted by Crippen LogP contribution is -2.47. The third kappa shape index (κ3) is 4.05. The lowest BCUT2D eigenvalue weighted by atomic mass is 9.74. The highest BCUT2D eigenvalue weighted by Crippen LogP contribution is 2.46. The number of hydrogen-bond donors (Lipinski definition) is 2. The summed E-state index contributed by atoms with van der Waals surface area (Å²) >= 11 is 12.6. The molecule has 1 aromatic heterocycles. The molecule has 1 aliphatic heterocycles. The molecule has 1 saturated heterocycles. The highest BCUT2D eigenvalue weighted by atomic mass is 35.5. The maximum absolute atomic E-state index is 10.5. The van der Waals surface area contributed by atoms with Gasteiger partial charge in [0.15, 0.2) is 5.82 Å². The summed E-state index contributed by atoms with van der Waals surface area (Å²) in [5.74, 6) is 0.765. The van der Waals surface area contributed by atoms with Crippen LogP contribution in [0.4, 0.5) is 5.82 Å². The Bertz CT molecular complexity index is 910. The molecule has 1 unspecified atom stereocenters. The number of aliphatic hydroxyl groups excluding tert-OH is 1. The van der Waals surface area contributed by atoms with Crippen LogP contribution in [0.25, 0.3) is 11.3 Å². The van der Waals surface area contributed by atoms with Crippen molar-refractivity contribution in [2.75, 3.05) is 18.0 Å². The molecule has 1 saturated carbocycles. The molecule has 2 fully saturated rings. The number of halogens is 2. The van der Waals surface area contributed by atoms with E-state index in [0.29, 0.717) is 27.5 Å². The Labute approximate surface area is 189 Å². The molecular formula is C23H32Cl2N4O. The van der Waals surface area contributed by atoms with Gasteiger partial charge in [0.2, 0.25) is 0 Å². The molecule has 30 heavy (non-hydrogen) atoms. The van der Waals surface area contributed by atoms with Crippen LogP contribution in [0.2, 0.25) is 10.0 Å². The Morgan fingerprint density at radius 3 is 2.50 bits per heavy atom. The number of nitrogens with two attached hydrogens (primary N) is 1. The van der Waals surface area contributed by atoms with Crippen LogP contribution in [-0.4, -0.2) is 34.2 Å². The third-order valence-corrected chi connectivity index (χ3v) is 7.53. The molecule has 0 radical (unpaired) electrons. The van der Waals surface area contributed by atoms with Crippen molar-refractivity contribution in [3.05, 3.63) is 39.6 Å². The van der Waals surface area contributed by atoms with E-state index < -0.39 is 6.10 Å². The molecule has 0 amide bonds. The average Bonchev–Trinajstić information content (AvgIpc) is 3.04. The van der Waals surface area contributed by atoms with E-state index in [4.69, 9.17) is 38.9 Å². The van der Waals surface area contributed by atoms with Gasteiger partial charge in [-0.05, 0) is 51.0 Å². The van der Waals surface area contributed by atoms with Gasteiger partial charge in [-0.25, -0.2) is 9.97 Å². The molecule has 164 valence electrons. The van der Waals surface area contributed by atoms with E-state index in [-0.39, 0.29) is 12.8 Å². The second-order valence-electron chi connectivity index (χ2n) is 8.49. The topological polar surface area (TPSA) is 75.3 Å². The molecular weight excluding hydrogens is 419 g/mol. The predicted octanol–water partition coefficient (Wildman–Crippen LogP) is 5.55. The summed E-state index contributed by atoms with van der Waals surface area (Å²) in [6, 6.07) is 5.77. The summed E-state index contributed by atoms with van der Waals surface area (Å²) in [4.78, 5) is 11.9. The zero-order chi connectivity index (χ0) is 20.8. The summed E-state index contributed by atoms with van der Waals surface area (Å²) in [5.41, 5.74) is 9.44. The molecule has 1 spiro atoms. The van der Waals surface area contributed by atoms with E-state index in [1.54, 1.807) is 13.0 Å². The molecule has 5 nitrogen and oxygen atoms in total. The van der Waals surface area contributed by atoms with Gasteiger partial charge in [0.25, 0.3) is 0 Å². The summed E-state index contributed by atoms with van der Waals surface area (Å²) < 4.78 is 0. The molecule has 2 aliphatic rings. The van der Waals surface area contributed by atoms with Crippen LogP contribution in [-0.2, 0) is 0 Å². The Kier molecular flexibility index (Phi) is 6.97. The van der Waals surface area contributed by atoms with Gasteiger partial charge in [0.1, 0.15) is 5.69 Å². The van der Waals surface area contributed by atoms with Gasteiger partial charge < -0.3 is 15.7 Å². The zero-order valence-corrected chi connectivity index (χ0v) is 18.5. The largest absolute Gasteiger partial charge is 0.387 e. The number of aryl methyl sites for hydroxylation is 1. The third-order valence-electron chi connectivity index (χ3n) is 6.72. The van der Waals surface area contributed by atoms with Gasteiger partial charge in [-0.15, -0.1) is 0 Å². The van der Waals surface area contributed by atoms with Crippen molar-refractivity contribution < 1.29 is 5.11 Å². The van der Waals surface area contributed by atoms with Crippen molar-refractivity contribution in [2.45, 2.75) is 65.5 Å². The van der Waals surface area contributed by atoms with E-state index in [0.717, 1.165) is 49.4 Å². The van der Waals surface area contributed by atoms with Crippen LogP contribution in [0.5, 0.6) is 0 Å². The zero-order valence-electron chi connectivity index (χ0n) is 17.0. The van der Waals surface area contributed by atoms with E-state index in [1.807, 2.05) is 19.1 Å². The van der Waals surface area contributed by atoms with Crippen LogP contribution in [0.3, 0.4) is 0 Å². The van der Waals surface area contributed by atoms with Gasteiger partial charge >= 0.3 is 0 Å². The van der Waals surface area contributed by atoms with Gasteiger partial charge in [0.05, 0.1) is 27.5 Å². The summed E-state index contributed by atoms with van der Waals surface area (Å²) in [6.07, 6.45) is 4.98. The minimum Gasteiger partial charge on any atom is -0.387 e. The number of nitrogens with zero attached hydrogens (tertiary/aromatic N) is 3. The molecule has 2 atom stereocenters. The summed E-state index contributed by atoms with van der Waals surface area (Å²) in [5, 5.41) is 11.4. The first-order chi connectivity index (χ1) is 13.8. The maximum atomic E-state index is 10.5. The fraction of sp³-hybridized carbons (Fsp3) is 0.565. The quantitative estimate of drug-likeness (QED) is 0.640. The highest BCUT2D eigenvalue weighted by molar-refractivity contribution is 6.43. The second-order valence-corrected chi connectivity index (χ2v) is 9.28. The van der Waals surface area contributed by atoms with Gasteiger partial charge in [-0.1, -0.05) is 49.2 Å². The SMILES string of the molecule is C.Cc1nc(N2CCC3(CCC[C@H]3N)CC2)c(C(C)O)nc1-c1cccc(Cl)c1Cl. The van der Waals surface area contributed by atoms with Crippen molar-refractivity contribution in [1.29, 1.82) is 0 Å². The van der Waals surface area contributed by atoms with Crippen molar-refractivity contribution in [3.8, 4) is 11.3 Å². The molecule has 4 rings (SSSR count). The Morgan fingerprint density at radius 1 is 1.20 bits per heavy atom. The average molecular weight is 451 g/mol. The van der Waals surface area contributed by atoms with Crippen molar-refractivity contribution >= 4 is 29.0 Å². The number of hydrogen-bond acceptors (Lipinski definition) is 5. The molecule has 7 heteroatoms. The first-order valence-electron chi connectivity index (χ1n) is 10.3. The smallest absolute Gasteiger partial charge is 0.153 e. The molecule has 1 aromatic carbocycles. The first-order valence-corrected chi connectivity index (χ1v) is 11.1. The number of aliphatic hydroxyl groups is 1. The van der Waals surface area contributed by atoms with Crippen molar-refractivity contribution in [1.82, 2.24) is 9.97 Å². The van der Waals surface area contributed by atoms with Crippen LogP contribution in [0.15, 0.2) is 18.2 Å². The summed E-state index contributed by atoms with van der Waals surface area (Å²) in [6.45, 7) is 5.43. The number of rotatable bonds is 3. The fourth-order valence-corrected chi connectivity index (χ4v) is 5.32. The molecule has 0 bridgehead atoms. The van der Waals surface area contributed by atoms with Crippen LogP contribution in [0.1, 0.15) is 63.9 Å². The van der Waals surface area contributed by atoms with E-state index in [1.165, 1.54) is 12.8 Å². The standard InChI is InChI=1S/C22H28Cl2N4O.CH4/c1-13-19(15-5-3-6-16(23)18(15)24)27-20(14(2)29)21(26-13)28-11-9-22(10-12-28)8-4-7-17(22)25;/h3,5-6,14,17,29H,4,7-12,25H2,1-2H3;1H4/t14?,17-;/m1./s1. The van der Waals surface area contributed by atoms with E-state index in [2.05, 4.69) is 4.90 Å². The lowest BCUT2D eigenvalue weighted by Gasteiger charge is -2.43. The Balaban J connectivity index is 0.00000256. The maximum Gasteiger partial charge on any atom is 0.153 e. The van der Waals surface area contributed by atoms with Crippen LogP contribution < -0.4 is 10.6 Å². The minimum atomic E-state index is -0.737. The monoisotopic (exact) mass is 450 g/mol. The molecule has 2 heterocycles. The predicted molar refractivity (Wildman–Crippen MR) is 125 cm³/mol.